The summed E-state index contributed by atoms with van der Waals surface area (Å²) in [5.41, 5.74) is 1.54. The molecule has 5 rings (SSSR count). The van der Waals surface area contributed by atoms with E-state index in [2.05, 4.69) is 50.0 Å². The van der Waals surface area contributed by atoms with Gasteiger partial charge in [0.15, 0.2) is 17.6 Å². The normalized spacial score (nSPS) is 23.6. The van der Waals surface area contributed by atoms with Gasteiger partial charge in [-0.2, -0.15) is 0 Å². The number of anilines is 2. The molecule has 0 bridgehead atoms. The highest BCUT2D eigenvalue weighted by atomic mass is 79.9. The Hall–Kier alpha value is -2.17. The maximum Gasteiger partial charge on any atom is 0.164 e. The maximum atomic E-state index is 6.40. The number of hydrogen-bond donors (Lipinski definition) is 1. The molecule has 2 saturated heterocycles. The van der Waals surface area contributed by atoms with Crippen LogP contribution in [-0.4, -0.2) is 72.6 Å². The van der Waals surface area contributed by atoms with E-state index in [0.717, 1.165) is 34.2 Å². The van der Waals surface area contributed by atoms with Crippen LogP contribution >= 0.6 is 27.5 Å². The Kier molecular flexibility index (Phi) is 7.31. The Morgan fingerprint density at radius 1 is 1.09 bits per heavy atom. The zero-order valence-electron chi connectivity index (χ0n) is 19.8. The van der Waals surface area contributed by atoms with Crippen molar-refractivity contribution in [2.24, 2.45) is 0 Å². The first kappa shape index (κ1) is 24.5. The van der Waals surface area contributed by atoms with Crippen LogP contribution in [0.5, 0.6) is 11.5 Å². The van der Waals surface area contributed by atoms with Gasteiger partial charge in [0.05, 0.1) is 36.9 Å². The van der Waals surface area contributed by atoms with Gasteiger partial charge in [-0.05, 0) is 53.3 Å². The summed E-state index contributed by atoms with van der Waals surface area (Å²) in [6.45, 7) is 7.36. The van der Waals surface area contributed by atoms with E-state index in [-0.39, 0.29) is 24.4 Å². The Labute approximate surface area is 218 Å². The molecule has 2 fully saturated rings. The van der Waals surface area contributed by atoms with Gasteiger partial charge in [0.25, 0.3) is 0 Å². The molecule has 186 valence electrons. The highest BCUT2D eigenvalue weighted by Crippen LogP contribution is 2.38. The van der Waals surface area contributed by atoms with Crippen LogP contribution in [0, 0.1) is 0 Å². The summed E-state index contributed by atoms with van der Waals surface area (Å²) >= 11 is 9.67. The number of likely N-dealkylation sites (N-methyl/N-ethyl adjacent to an activating group) is 1. The van der Waals surface area contributed by atoms with Crippen molar-refractivity contribution in [3.63, 3.8) is 0 Å². The smallest absolute Gasteiger partial charge is 0.164 e. The van der Waals surface area contributed by atoms with E-state index in [4.69, 9.17) is 30.5 Å². The van der Waals surface area contributed by atoms with E-state index in [1.54, 1.807) is 7.11 Å². The number of fused-ring (bicyclic) bond motifs is 2. The van der Waals surface area contributed by atoms with Crippen molar-refractivity contribution in [3.8, 4) is 11.5 Å². The second-order valence-electron chi connectivity index (χ2n) is 8.54. The molecule has 2 aliphatic rings. The number of halogens is 2. The predicted octanol–water partition coefficient (Wildman–Crippen LogP) is 5.05. The largest absolute Gasteiger partial charge is 0.493 e. The first-order valence-corrected chi connectivity index (χ1v) is 12.9. The fourth-order valence-corrected chi connectivity index (χ4v) is 5.27. The minimum absolute atomic E-state index is 0.00205. The number of ether oxygens (including phenoxy) is 4. The lowest BCUT2D eigenvalue weighted by Gasteiger charge is -2.28. The fourth-order valence-electron chi connectivity index (χ4n) is 4.84. The van der Waals surface area contributed by atoms with E-state index in [0.29, 0.717) is 35.6 Å². The molecule has 0 aliphatic carbocycles. The van der Waals surface area contributed by atoms with E-state index in [1.165, 1.54) is 6.33 Å². The summed E-state index contributed by atoms with van der Waals surface area (Å²) in [6.07, 6.45) is 1.18. The summed E-state index contributed by atoms with van der Waals surface area (Å²) in [5.74, 6) is 1.83. The minimum Gasteiger partial charge on any atom is -0.493 e. The lowest BCUT2D eigenvalue weighted by atomic mass is 10.1. The molecule has 0 radical (unpaired) electrons. The van der Waals surface area contributed by atoms with Crippen LogP contribution in [0.15, 0.2) is 41.1 Å². The quantitative estimate of drug-likeness (QED) is 0.408. The molecule has 3 heterocycles. The highest BCUT2D eigenvalue weighted by molar-refractivity contribution is 9.10. The molecular weight excluding hydrogens is 536 g/mol. The summed E-state index contributed by atoms with van der Waals surface area (Å²) in [4.78, 5) is 11.3. The summed E-state index contributed by atoms with van der Waals surface area (Å²) in [7, 11) is 1.62. The van der Waals surface area contributed by atoms with Crippen LogP contribution in [0.1, 0.15) is 13.8 Å². The van der Waals surface area contributed by atoms with Crippen LogP contribution in [0.25, 0.3) is 10.9 Å². The zero-order valence-corrected chi connectivity index (χ0v) is 22.2. The monoisotopic (exact) mass is 562 g/mol. The number of nitrogens with zero attached hydrogens (tertiary/aromatic N) is 3. The van der Waals surface area contributed by atoms with E-state index < -0.39 is 0 Å². The second kappa shape index (κ2) is 10.4. The van der Waals surface area contributed by atoms with Gasteiger partial charge < -0.3 is 24.3 Å². The topological polar surface area (TPSA) is 78.0 Å². The molecule has 3 aromatic rings. The van der Waals surface area contributed by atoms with E-state index in [9.17, 15) is 0 Å². The Bertz CT molecular complexity index is 1210. The summed E-state index contributed by atoms with van der Waals surface area (Å²) in [5, 5.41) is 4.73. The van der Waals surface area contributed by atoms with Crippen molar-refractivity contribution in [1.82, 2.24) is 14.9 Å². The van der Waals surface area contributed by atoms with Crippen molar-refractivity contribution in [3.05, 3.63) is 46.2 Å². The van der Waals surface area contributed by atoms with Gasteiger partial charge in [0, 0.05) is 21.6 Å². The molecule has 0 saturated carbocycles. The van der Waals surface area contributed by atoms with Gasteiger partial charge >= 0.3 is 0 Å². The van der Waals surface area contributed by atoms with Gasteiger partial charge in [-0.3, -0.25) is 4.90 Å². The third kappa shape index (κ3) is 4.80. The maximum absolute atomic E-state index is 6.40. The number of aromatic nitrogens is 2. The molecule has 35 heavy (non-hydrogen) atoms. The van der Waals surface area contributed by atoms with E-state index >= 15 is 0 Å². The number of benzene rings is 2. The lowest BCUT2D eigenvalue weighted by molar-refractivity contribution is 0.0240. The van der Waals surface area contributed by atoms with Gasteiger partial charge in [-0.15, -0.1) is 0 Å². The number of nitrogens with one attached hydrogen (secondary N) is 1. The number of methoxy groups -OCH3 is 1. The SMILES string of the molecule is CCN(CC)C1CO[C@H]2[C@H](Oc3cc4ncnc(Nc5ccc(Br)c(Cl)c5)c4cc3OC)CO[C@@H]12. The number of rotatable bonds is 8. The molecule has 10 heteroatoms. The van der Waals surface area contributed by atoms with Crippen LogP contribution in [0.3, 0.4) is 0 Å². The van der Waals surface area contributed by atoms with Gasteiger partial charge in [-0.25, -0.2) is 9.97 Å². The van der Waals surface area contributed by atoms with Crippen LogP contribution in [0.2, 0.25) is 5.02 Å². The molecule has 8 nitrogen and oxygen atoms in total. The van der Waals surface area contributed by atoms with E-state index in [1.807, 2.05) is 30.3 Å². The van der Waals surface area contributed by atoms with Gasteiger partial charge in [0.1, 0.15) is 24.4 Å². The zero-order chi connectivity index (χ0) is 24.5. The highest BCUT2D eigenvalue weighted by Gasteiger charge is 2.50. The van der Waals surface area contributed by atoms with Crippen LogP contribution < -0.4 is 14.8 Å². The number of hydrogen-bond acceptors (Lipinski definition) is 8. The predicted molar refractivity (Wildman–Crippen MR) is 139 cm³/mol. The second-order valence-corrected chi connectivity index (χ2v) is 9.80. The van der Waals surface area contributed by atoms with Crippen LogP contribution in [-0.2, 0) is 9.47 Å². The third-order valence-electron chi connectivity index (χ3n) is 6.64. The van der Waals surface area contributed by atoms with Crippen LogP contribution in [0.4, 0.5) is 11.5 Å². The lowest BCUT2D eigenvalue weighted by Crippen LogP contribution is -2.44. The minimum atomic E-state index is -0.226. The molecule has 1 aromatic heterocycles. The molecule has 1 unspecified atom stereocenters. The Morgan fingerprint density at radius 3 is 2.63 bits per heavy atom. The Morgan fingerprint density at radius 2 is 1.89 bits per heavy atom. The molecule has 2 aliphatic heterocycles. The molecule has 4 atom stereocenters. The van der Waals surface area contributed by atoms with Crippen molar-refractivity contribution < 1.29 is 18.9 Å². The average Bonchev–Trinajstić information content (AvgIpc) is 3.45. The van der Waals surface area contributed by atoms with Crippen molar-refractivity contribution >= 4 is 49.9 Å². The molecule has 0 spiro atoms. The summed E-state index contributed by atoms with van der Waals surface area (Å²) in [6, 6.07) is 9.64. The molecule has 2 aromatic carbocycles. The third-order valence-corrected chi connectivity index (χ3v) is 7.88. The first-order chi connectivity index (χ1) is 17.0. The van der Waals surface area contributed by atoms with Crippen molar-refractivity contribution in [1.29, 1.82) is 0 Å². The standard InChI is InChI=1S/C25H28BrClN4O4/c1-4-31(5-2)19-11-33-24-22(12-34-23(19)24)35-21-10-18-15(9-20(21)32-3)25(29-13-28-18)30-14-6-7-16(26)17(27)8-14/h6-10,13,19,22-24H,4-5,11-12H2,1-3H3,(H,28,29,30)/t19?,22-,23+,24+/m1/s1. The first-order valence-electron chi connectivity index (χ1n) is 11.7. The molecular formula is C25H28BrClN4O4. The molecule has 1 N–H and O–H groups in total. The van der Waals surface area contributed by atoms with Gasteiger partial charge in [0.2, 0.25) is 0 Å². The van der Waals surface area contributed by atoms with Crippen molar-refractivity contribution in [2.45, 2.75) is 38.2 Å². The van der Waals surface area contributed by atoms with Gasteiger partial charge in [-0.1, -0.05) is 25.4 Å². The Balaban J connectivity index is 1.39. The average molecular weight is 564 g/mol. The summed E-state index contributed by atoms with van der Waals surface area (Å²) < 4.78 is 25.2. The fraction of sp³-hybridized carbons (Fsp3) is 0.440. The molecule has 0 amide bonds. The van der Waals surface area contributed by atoms with Crippen molar-refractivity contribution in [2.75, 3.05) is 38.7 Å².